The molecule has 0 aromatic carbocycles. The van der Waals surface area contributed by atoms with Gasteiger partial charge < -0.3 is 10.2 Å². The van der Waals surface area contributed by atoms with Crippen molar-refractivity contribution in [2.75, 3.05) is 0 Å². The molecule has 4 heteroatoms. The molecule has 0 amide bonds. The van der Waals surface area contributed by atoms with Gasteiger partial charge in [-0.05, 0) is 68.1 Å². The molecule has 8 atom stereocenters. The molecule has 5 N–H and O–H groups in total. The van der Waals surface area contributed by atoms with Crippen molar-refractivity contribution in [2.24, 2.45) is 34.4 Å². The van der Waals surface area contributed by atoms with Gasteiger partial charge in [-0.25, -0.2) is 0 Å². The summed E-state index contributed by atoms with van der Waals surface area (Å²) in [7, 11) is 0. The largest absolute Gasteiger partial charge is 0.390 e. The lowest BCUT2D eigenvalue weighted by molar-refractivity contribution is -0.237. The van der Waals surface area contributed by atoms with Crippen LogP contribution in [0.3, 0.4) is 0 Å². The third-order valence-corrected chi connectivity index (χ3v) is 8.63. The summed E-state index contributed by atoms with van der Waals surface area (Å²) in [6.07, 6.45) is 10.6. The van der Waals surface area contributed by atoms with Crippen molar-refractivity contribution in [3.8, 4) is 0 Å². The third-order valence-electron chi connectivity index (χ3n) is 8.63. The lowest BCUT2D eigenvalue weighted by atomic mass is 9.43. The molecule has 0 aromatic heterocycles. The standard InChI is InChI=1S/C19H32N2O2/c1-17-10-7-14-12(13(17)5-6-15(17)21-20)11-16(22)19(23)9-4-3-8-18(14,19)2/h3-4,12-16,21-23H,5-11,20H2,1-2H3/t12-,13-,14+,15?,16?,17-,18+,19?/m0/s1. The summed E-state index contributed by atoms with van der Waals surface area (Å²) in [5, 5.41) is 22.2. The normalized spacial score (nSPS) is 58.4. The molecular formula is C19H32N2O2. The third kappa shape index (κ3) is 1.87. The lowest BCUT2D eigenvalue weighted by Gasteiger charge is -2.64. The molecule has 0 aliphatic heterocycles. The minimum Gasteiger partial charge on any atom is -0.390 e. The summed E-state index contributed by atoms with van der Waals surface area (Å²) >= 11 is 0. The number of aliphatic hydroxyl groups is 2. The maximum atomic E-state index is 11.3. The van der Waals surface area contributed by atoms with E-state index >= 15 is 0 Å². The fraction of sp³-hybridized carbons (Fsp3) is 0.895. The fourth-order valence-electron chi connectivity index (χ4n) is 7.12. The maximum absolute atomic E-state index is 11.3. The van der Waals surface area contributed by atoms with Gasteiger partial charge in [0.1, 0.15) is 0 Å². The van der Waals surface area contributed by atoms with E-state index in [0.717, 1.165) is 25.7 Å². The van der Waals surface area contributed by atoms with Crippen LogP contribution in [0, 0.1) is 28.6 Å². The number of rotatable bonds is 1. The van der Waals surface area contributed by atoms with E-state index in [1.165, 1.54) is 12.8 Å². The van der Waals surface area contributed by atoms with E-state index in [1.807, 2.05) is 0 Å². The van der Waals surface area contributed by atoms with Crippen molar-refractivity contribution in [3.05, 3.63) is 12.2 Å². The molecule has 0 heterocycles. The van der Waals surface area contributed by atoms with Gasteiger partial charge >= 0.3 is 0 Å². The Kier molecular flexibility index (Phi) is 3.52. The molecule has 130 valence electrons. The Bertz CT molecular complexity index is 523. The predicted octanol–water partition coefficient (Wildman–Crippen LogP) is 2.11. The Morgan fingerprint density at radius 3 is 2.57 bits per heavy atom. The SMILES string of the molecule is C[C@]12CC[C@@H]3[C@@H](CC(O)C4(O)CC=CC[C@]34C)[C@@H]1CCC2NN. The van der Waals surface area contributed by atoms with Crippen molar-refractivity contribution in [1.82, 2.24) is 5.43 Å². The molecule has 0 radical (unpaired) electrons. The first-order chi connectivity index (χ1) is 10.9. The van der Waals surface area contributed by atoms with Crippen LogP contribution in [0.2, 0.25) is 0 Å². The second-order valence-electron chi connectivity index (χ2n) is 9.19. The smallest absolute Gasteiger partial charge is 0.0998 e. The Morgan fingerprint density at radius 1 is 1.09 bits per heavy atom. The highest BCUT2D eigenvalue weighted by Gasteiger charge is 2.65. The molecule has 4 aliphatic carbocycles. The molecule has 0 bridgehead atoms. The number of hydrogen-bond donors (Lipinski definition) is 4. The van der Waals surface area contributed by atoms with Gasteiger partial charge in [0.25, 0.3) is 0 Å². The van der Waals surface area contributed by atoms with Crippen LogP contribution >= 0.6 is 0 Å². The number of aliphatic hydroxyl groups excluding tert-OH is 1. The summed E-state index contributed by atoms with van der Waals surface area (Å²) in [4.78, 5) is 0. The van der Waals surface area contributed by atoms with Crippen LogP contribution < -0.4 is 11.3 Å². The van der Waals surface area contributed by atoms with Crippen LogP contribution in [0.4, 0.5) is 0 Å². The first-order valence-corrected chi connectivity index (χ1v) is 9.38. The number of hydrazine groups is 1. The zero-order valence-corrected chi connectivity index (χ0v) is 14.5. The van der Waals surface area contributed by atoms with Crippen molar-refractivity contribution in [1.29, 1.82) is 0 Å². The van der Waals surface area contributed by atoms with Gasteiger partial charge in [-0.15, -0.1) is 0 Å². The monoisotopic (exact) mass is 320 g/mol. The zero-order chi connectivity index (χ0) is 16.5. The summed E-state index contributed by atoms with van der Waals surface area (Å²) in [6.45, 7) is 4.62. The number of nitrogens with two attached hydrogens (primary N) is 1. The predicted molar refractivity (Wildman–Crippen MR) is 90.2 cm³/mol. The van der Waals surface area contributed by atoms with Crippen molar-refractivity contribution in [2.45, 2.75) is 76.5 Å². The molecule has 4 aliphatic rings. The molecule has 3 saturated carbocycles. The van der Waals surface area contributed by atoms with Crippen LogP contribution in [-0.2, 0) is 0 Å². The highest BCUT2D eigenvalue weighted by Crippen LogP contribution is 2.66. The van der Waals surface area contributed by atoms with E-state index < -0.39 is 11.7 Å². The second-order valence-corrected chi connectivity index (χ2v) is 9.19. The summed E-state index contributed by atoms with van der Waals surface area (Å²) < 4.78 is 0. The van der Waals surface area contributed by atoms with Crippen LogP contribution in [0.5, 0.6) is 0 Å². The average Bonchev–Trinajstić information content (AvgIpc) is 2.86. The lowest BCUT2D eigenvalue weighted by Crippen LogP contribution is -2.67. The molecular weight excluding hydrogens is 288 g/mol. The Balaban J connectivity index is 1.72. The highest BCUT2D eigenvalue weighted by atomic mass is 16.3. The summed E-state index contributed by atoms with van der Waals surface area (Å²) in [6, 6.07) is 0.394. The quantitative estimate of drug-likeness (QED) is 0.339. The van der Waals surface area contributed by atoms with Crippen molar-refractivity contribution in [3.63, 3.8) is 0 Å². The van der Waals surface area contributed by atoms with Gasteiger partial charge in [0.2, 0.25) is 0 Å². The summed E-state index contributed by atoms with van der Waals surface area (Å²) in [5.41, 5.74) is 2.16. The fourth-order valence-corrected chi connectivity index (χ4v) is 7.12. The maximum Gasteiger partial charge on any atom is 0.0998 e. The average molecular weight is 320 g/mol. The Labute approximate surface area is 139 Å². The minimum absolute atomic E-state index is 0.195. The van der Waals surface area contributed by atoms with E-state index in [9.17, 15) is 10.2 Å². The Morgan fingerprint density at radius 2 is 1.83 bits per heavy atom. The first-order valence-electron chi connectivity index (χ1n) is 9.38. The number of fused-ring (bicyclic) bond motifs is 5. The summed E-state index contributed by atoms with van der Waals surface area (Å²) in [5.74, 6) is 7.46. The molecule has 0 saturated heterocycles. The van der Waals surface area contributed by atoms with Crippen LogP contribution in [0.25, 0.3) is 0 Å². The van der Waals surface area contributed by atoms with Gasteiger partial charge in [0.05, 0.1) is 11.7 Å². The minimum atomic E-state index is -0.944. The van der Waals surface area contributed by atoms with Gasteiger partial charge in [0.15, 0.2) is 0 Å². The van der Waals surface area contributed by atoms with E-state index in [4.69, 9.17) is 5.84 Å². The molecule has 23 heavy (non-hydrogen) atoms. The van der Waals surface area contributed by atoms with Gasteiger partial charge in [-0.3, -0.25) is 11.3 Å². The highest BCUT2D eigenvalue weighted by molar-refractivity contribution is 5.20. The molecule has 3 fully saturated rings. The number of nitrogens with one attached hydrogen (secondary N) is 1. The van der Waals surface area contributed by atoms with Crippen molar-refractivity contribution >= 4 is 0 Å². The van der Waals surface area contributed by atoms with Gasteiger partial charge in [-0.1, -0.05) is 26.0 Å². The van der Waals surface area contributed by atoms with Crippen LogP contribution in [-0.4, -0.2) is 28.0 Å². The Hall–Kier alpha value is -0.420. The van der Waals surface area contributed by atoms with Gasteiger partial charge in [-0.2, -0.15) is 0 Å². The molecule has 4 rings (SSSR count). The van der Waals surface area contributed by atoms with E-state index in [0.29, 0.717) is 30.2 Å². The van der Waals surface area contributed by atoms with Crippen LogP contribution in [0.1, 0.15) is 58.8 Å². The number of hydrogen-bond acceptors (Lipinski definition) is 4. The second kappa shape index (κ2) is 5.04. The topological polar surface area (TPSA) is 78.5 Å². The molecule has 0 spiro atoms. The molecule has 3 unspecified atom stereocenters. The van der Waals surface area contributed by atoms with Crippen molar-refractivity contribution < 1.29 is 10.2 Å². The van der Waals surface area contributed by atoms with E-state index in [2.05, 4.69) is 31.4 Å². The molecule has 0 aromatic rings. The van der Waals surface area contributed by atoms with Gasteiger partial charge in [0, 0.05) is 11.5 Å². The number of allylic oxidation sites excluding steroid dienone is 1. The first kappa shape index (κ1) is 16.1. The van der Waals surface area contributed by atoms with E-state index in [-0.39, 0.29) is 10.8 Å². The molecule has 4 nitrogen and oxygen atoms in total. The zero-order valence-electron chi connectivity index (χ0n) is 14.5. The van der Waals surface area contributed by atoms with Crippen LogP contribution in [0.15, 0.2) is 12.2 Å². The van der Waals surface area contributed by atoms with E-state index in [1.54, 1.807) is 0 Å².